The summed E-state index contributed by atoms with van der Waals surface area (Å²) in [5.41, 5.74) is 1.08. The van der Waals surface area contributed by atoms with Gasteiger partial charge in [-0.1, -0.05) is 6.42 Å². The van der Waals surface area contributed by atoms with Crippen molar-refractivity contribution in [3.05, 3.63) is 36.5 Å². The molecule has 0 radical (unpaired) electrons. The quantitative estimate of drug-likeness (QED) is 0.728. The van der Waals surface area contributed by atoms with E-state index in [1.165, 1.54) is 18.5 Å². The molecule has 3 heterocycles. The Morgan fingerprint density at radius 1 is 1.26 bits per heavy atom. The molecule has 0 saturated heterocycles. The third kappa shape index (κ3) is 3.67. The molecule has 0 spiro atoms. The Balaban J connectivity index is 1.60. The van der Waals surface area contributed by atoms with Gasteiger partial charge in [0.2, 0.25) is 0 Å². The molecule has 1 aliphatic carbocycles. The average molecular weight is 378 g/mol. The van der Waals surface area contributed by atoms with Crippen molar-refractivity contribution in [3.8, 4) is 11.5 Å². The van der Waals surface area contributed by atoms with Gasteiger partial charge in [-0.05, 0) is 37.0 Å². The van der Waals surface area contributed by atoms with Crippen LogP contribution in [0.5, 0.6) is 0 Å². The van der Waals surface area contributed by atoms with Gasteiger partial charge in [-0.15, -0.1) is 0 Å². The molecule has 142 valence electrons. The second-order valence-electron chi connectivity index (χ2n) is 6.72. The molecular weight excluding hydrogens is 361 g/mol. The van der Waals surface area contributed by atoms with Gasteiger partial charge in [-0.25, -0.2) is 9.97 Å². The number of nitrogens with zero attached hydrogens (tertiary/aromatic N) is 3. The van der Waals surface area contributed by atoms with Crippen LogP contribution in [0.25, 0.3) is 22.5 Å². The lowest BCUT2D eigenvalue weighted by atomic mass is 9.85. The Bertz CT molecular complexity index is 959. The van der Waals surface area contributed by atoms with Gasteiger partial charge in [0.15, 0.2) is 11.5 Å². The minimum atomic E-state index is -4.46. The Morgan fingerprint density at radius 3 is 2.78 bits per heavy atom. The summed E-state index contributed by atoms with van der Waals surface area (Å²) in [7, 11) is 0. The number of nitrogens with one attached hydrogen (secondary N) is 1. The van der Waals surface area contributed by atoms with E-state index in [1.54, 1.807) is 12.3 Å². The van der Waals surface area contributed by atoms with E-state index in [2.05, 4.69) is 15.0 Å². The summed E-state index contributed by atoms with van der Waals surface area (Å²) in [4.78, 5) is 24.7. The van der Waals surface area contributed by atoms with Crippen LogP contribution in [0.3, 0.4) is 0 Å². The van der Waals surface area contributed by atoms with Gasteiger partial charge < -0.3 is 14.3 Å². The number of furan rings is 1. The highest BCUT2D eigenvalue weighted by molar-refractivity contribution is 5.93. The van der Waals surface area contributed by atoms with Gasteiger partial charge in [-0.2, -0.15) is 13.2 Å². The predicted octanol–water partition coefficient (Wildman–Crippen LogP) is 4.02. The second-order valence-corrected chi connectivity index (χ2v) is 6.72. The molecule has 0 unspecified atom stereocenters. The number of H-pyrrole nitrogens is 1. The van der Waals surface area contributed by atoms with Gasteiger partial charge >= 0.3 is 6.18 Å². The van der Waals surface area contributed by atoms with E-state index < -0.39 is 18.6 Å². The molecule has 1 fully saturated rings. The average Bonchev–Trinajstić information content (AvgIpc) is 3.23. The molecule has 1 amide bonds. The zero-order chi connectivity index (χ0) is 19.0. The summed E-state index contributed by atoms with van der Waals surface area (Å²) in [5, 5.41) is 0.701. The second kappa shape index (κ2) is 6.71. The van der Waals surface area contributed by atoms with Crippen LogP contribution >= 0.6 is 0 Å². The van der Waals surface area contributed by atoms with Crippen LogP contribution < -0.4 is 0 Å². The summed E-state index contributed by atoms with van der Waals surface area (Å²) >= 11 is 0. The third-order valence-electron chi connectivity index (χ3n) is 4.76. The number of hydrogen-bond acceptors (Lipinski definition) is 4. The SMILES string of the molecule is O=C(c1ccc(-c2ncnc3[nH]ccc23)o1)N(CC1CCC1)CC(F)(F)F. The van der Waals surface area contributed by atoms with E-state index in [1.807, 2.05) is 0 Å². The Morgan fingerprint density at radius 2 is 2.07 bits per heavy atom. The van der Waals surface area contributed by atoms with Gasteiger partial charge in [0.1, 0.15) is 24.2 Å². The Hall–Kier alpha value is -2.84. The largest absolute Gasteiger partial charge is 0.449 e. The molecule has 0 atom stereocenters. The van der Waals surface area contributed by atoms with Crippen LogP contribution in [0.4, 0.5) is 13.2 Å². The molecule has 6 nitrogen and oxygen atoms in total. The van der Waals surface area contributed by atoms with Crippen molar-refractivity contribution >= 4 is 16.9 Å². The number of halogens is 3. The number of hydrogen-bond donors (Lipinski definition) is 1. The molecule has 0 bridgehead atoms. The first-order valence-electron chi connectivity index (χ1n) is 8.65. The highest BCUT2D eigenvalue weighted by Gasteiger charge is 2.36. The first-order chi connectivity index (χ1) is 12.9. The van der Waals surface area contributed by atoms with E-state index in [0.717, 1.165) is 24.2 Å². The smallest absolute Gasteiger partial charge is 0.406 e. The molecule has 1 saturated carbocycles. The molecular formula is C18H17F3N4O2. The van der Waals surface area contributed by atoms with Crippen molar-refractivity contribution in [1.29, 1.82) is 0 Å². The minimum absolute atomic E-state index is 0.0872. The first kappa shape index (κ1) is 17.6. The van der Waals surface area contributed by atoms with E-state index >= 15 is 0 Å². The Labute approximate surface area is 152 Å². The monoisotopic (exact) mass is 378 g/mol. The molecule has 1 N–H and O–H groups in total. The summed E-state index contributed by atoms with van der Waals surface area (Å²) in [6.45, 7) is -1.20. The molecule has 4 rings (SSSR count). The number of aromatic amines is 1. The summed E-state index contributed by atoms with van der Waals surface area (Å²) in [6.07, 6.45) is 1.27. The molecule has 9 heteroatoms. The number of carbonyl (C=O) groups excluding carboxylic acids is 1. The van der Waals surface area contributed by atoms with Crippen LogP contribution in [0.2, 0.25) is 0 Å². The maximum absolute atomic E-state index is 12.9. The fraction of sp³-hybridized carbons (Fsp3) is 0.389. The van der Waals surface area contributed by atoms with Crippen molar-refractivity contribution in [2.24, 2.45) is 5.92 Å². The maximum Gasteiger partial charge on any atom is 0.406 e. The van der Waals surface area contributed by atoms with Crippen molar-refractivity contribution in [3.63, 3.8) is 0 Å². The topological polar surface area (TPSA) is 75.0 Å². The first-order valence-corrected chi connectivity index (χ1v) is 8.65. The zero-order valence-electron chi connectivity index (χ0n) is 14.3. The number of fused-ring (bicyclic) bond motifs is 1. The van der Waals surface area contributed by atoms with E-state index in [-0.39, 0.29) is 18.2 Å². The van der Waals surface area contributed by atoms with Crippen molar-refractivity contribution in [2.45, 2.75) is 25.4 Å². The lowest BCUT2D eigenvalue weighted by Crippen LogP contribution is -2.42. The van der Waals surface area contributed by atoms with Crippen LogP contribution in [0, 0.1) is 5.92 Å². The van der Waals surface area contributed by atoms with Gasteiger partial charge in [0.25, 0.3) is 5.91 Å². The zero-order valence-corrected chi connectivity index (χ0v) is 14.3. The standard InChI is InChI=1S/C18H17F3N4O2/c19-18(20,21)9-25(8-11-2-1-3-11)17(26)14-5-4-13(27-14)15-12-6-7-22-16(12)24-10-23-15/h4-7,10-11H,1-3,8-9H2,(H,22,23,24). The van der Waals surface area contributed by atoms with Crippen molar-refractivity contribution < 1.29 is 22.4 Å². The normalized spacial score (nSPS) is 15.1. The number of aromatic nitrogens is 3. The van der Waals surface area contributed by atoms with Crippen LogP contribution in [-0.2, 0) is 0 Å². The van der Waals surface area contributed by atoms with E-state index in [4.69, 9.17) is 4.42 Å². The molecule has 3 aromatic rings. The van der Waals surface area contributed by atoms with Crippen molar-refractivity contribution in [2.75, 3.05) is 13.1 Å². The predicted molar refractivity (Wildman–Crippen MR) is 90.9 cm³/mol. The fourth-order valence-electron chi connectivity index (χ4n) is 3.23. The number of alkyl halides is 3. The molecule has 1 aliphatic rings. The van der Waals surface area contributed by atoms with Gasteiger partial charge in [0, 0.05) is 18.1 Å². The fourth-order valence-corrected chi connectivity index (χ4v) is 3.23. The van der Waals surface area contributed by atoms with E-state index in [0.29, 0.717) is 22.5 Å². The molecule has 0 aliphatic heterocycles. The van der Waals surface area contributed by atoms with Gasteiger partial charge in [-0.3, -0.25) is 4.79 Å². The third-order valence-corrected chi connectivity index (χ3v) is 4.76. The summed E-state index contributed by atoms with van der Waals surface area (Å²) < 4.78 is 44.3. The lowest BCUT2D eigenvalue weighted by Gasteiger charge is -2.32. The summed E-state index contributed by atoms with van der Waals surface area (Å²) in [5.74, 6) is -0.464. The number of carbonyl (C=O) groups is 1. The van der Waals surface area contributed by atoms with Crippen molar-refractivity contribution in [1.82, 2.24) is 19.9 Å². The molecule has 0 aromatic carbocycles. The maximum atomic E-state index is 12.9. The van der Waals surface area contributed by atoms with E-state index in [9.17, 15) is 18.0 Å². The van der Waals surface area contributed by atoms with Crippen LogP contribution in [0.15, 0.2) is 35.1 Å². The molecule has 3 aromatic heterocycles. The molecule has 27 heavy (non-hydrogen) atoms. The highest BCUT2D eigenvalue weighted by atomic mass is 19.4. The van der Waals surface area contributed by atoms with Crippen LogP contribution in [-0.4, -0.2) is 45.0 Å². The number of amides is 1. The van der Waals surface area contributed by atoms with Gasteiger partial charge in [0.05, 0.1) is 0 Å². The lowest BCUT2D eigenvalue weighted by molar-refractivity contribution is -0.142. The minimum Gasteiger partial charge on any atom is -0.449 e. The number of rotatable bonds is 5. The Kier molecular flexibility index (Phi) is 4.37. The summed E-state index contributed by atoms with van der Waals surface area (Å²) in [6, 6.07) is 4.70. The van der Waals surface area contributed by atoms with Crippen LogP contribution in [0.1, 0.15) is 29.8 Å². The highest BCUT2D eigenvalue weighted by Crippen LogP contribution is 2.31.